The molecule has 1 N–H and O–H groups in total. The molecule has 7 heteroatoms. The summed E-state index contributed by atoms with van der Waals surface area (Å²) in [7, 11) is 0. The highest BCUT2D eigenvalue weighted by Gasteiger charge is 2.17. The molecule has 0 amide bonds. The summed E-state index contributed by atoms with van der Waals surface area (Å²) in [5.74, 6) is 0.814. The molecule has 1 fully saturated rings. The van der Waals surface area contributed by atoms with Crippen LogP contribution in [0.3, 0.4) is 0 Å². The molecule has 22 heavy (non-hydrogen) atoms. The fraction of sp³-hybridized carbons (Fsp3) is 0.467. The maximum atomic E-state index is 4.38. The maximum Gasteiger partial charge on any atom is 0.184 e. The fourth-order valence-corrected chi connectivity index (χ4v) is 3.68. The topological polar surface area (TPSA) is 68.5 Å². The highest BCUT2D eigenvalue weighted by atomic mass is 32.1. The first-order valence-electron chi connectivity index (χ1n) is 7.73. The van der Waals surface area contributed by atoms with Gasteiger partial charge in [-0.2, -0.15) is 0 Å². The van der Waals surface area contributed by atoms with Crippen molar-refractivity contribution in [1.29, 1.82) is 0 Å². The third-order valence-electron chi connectivity index (χ3n) is 4.13. The Hall–Kier alpha value is -2.02. The van der Waals surface area contributed by atoms with Crippen LogP contribution in [0.25, 0.3) is 11.2 Å². The highest BCUT2D eigenvalue weighted by molar-refractivity contribution is 7.09. The van der Waals surface area contributed by atoms with Crippen molar-refractivity contribution in [3.8, 4) is 0 Å². The molecular weight excluding hydrogens is 296 g/mol. The number of hydrogen-bond acceptors (Lipinski definition) is 6. The van der Waals surface area contributed by atoms with E-state index >= 15 is 0 Å². The summed E-state index contributed by atoms with van der Waals surface area (Å²) in [6.07, 6.45) is 7.92. The van der Waals surface area contributed by atoms with Crippen LogP contribution in [0.4, 0.5) is 5.82 Å². The predicted octanol–water partition coefficient (Wildman–Crippen LogP) is 3.08. The maximum absolute atomic E-state index is 4.38. The summed E-state index contributed by atoms with van der Waals surface area (Å²) >= 11 is 1.71. The first-order chi connectivity index (χ1) is 10.9. The van der Waals surface area contributed by atoms with Gasteiger partial charge in [0.1, 0.15) is 6.33 Å². The van der Waals surface area contributed by atoms with Gasteiger partial charge in [0.2, 0.25) is 0 Å². The highest BCUT2D eigenvalue weighted by Crippen LogP contribution is 2.24. The third-order valence-corrected chi connectivity index (χ3v) is 4.99. The van der Waals surface area contributed by atoms with E-state index in [1.165, 1.54) is 37.0 Å². The van der Waals surface area contributed by atoms with E-state index in [0.717, 1.165) is 17.0 Å². The zero-order valence-corrected chi connectivity index (χ0v) is 13.1. The Balaban J connectivity index is 1.61. The smallest absolute Gasteiger partial charge is 0.184 e. The molecule has 0 aromatic carbocycles. The third kappa shape index (κ3) is 2.68. The van der Waals surface area contributed by atoms with Crippen LogP contribution in [0.5, 0.6) is 0 Å². The molecule has 0 unspecified atom stereocenters. The van der Waals surface area contributed by atoms with Crippen molar-refractivity contribution >= 4 is 28.3 Å². The predicted molar refractivity (Wildman–Crippen MR) is 87.0 cm³/mol. The standard InChI is InChI=1S/C15H18N6S/c1-2-5-11(6-3-1)18-14-13-15(17-10-16-14)21(20-19-13)9-12-7-4-8-22-12/h4,7-8,10-11H,1-3,5-6,9H2,(H,16,17,18). The second-order valence-corrected chi connectivity index (χ2v) is 6.73. The van der Waals surface area contributed by atoms with Crippen LogP contribution in [0.15, 0.2) is 23.8 Å². The van der Waals surface area contributed by atoms with E-state index < -0.39 is 0 Å². The summed E-state index contributed by atoms with van der Waals surface area (Å²) in [5.41, 5.74) is 1.56. The molecule has 0 aliphatic heterocycles. The van der Waals surface area contributed by atoms with Gasteiger partial charge in [0, 0.05) is 10.9 Å². The van der Waals surface area contributed by atoms with Crippen LogP contribution >= 0.6 is 11.3 Å². The Morgan fingerprint density at radius 3 is 2.95 bits per heavy atom. The largest absolute Gasteiger partial charge is 0.365 e. The normalized spacial score (nSPS) is 16.2. The SMILES string of the molecule is c1csc(Cn2nnc3c(NC4CCCCC4)ncnc32)c1. The Labute approximate surface area is 132 Å². The van der Waals surface area contributed by atoms with Crippen LogP contribution in [-0.2, 0) is 6.54 Å². The van der Waals surface area contributed by atoms with Crippen molar-refractivity contribution in [1.82, 2.24) is 25.0 Å². The van der Waals surface area contributed by atoms with Gasteiger partial charge >= 0.3 is 0 Å². The van der Waals surface area contributed by atoms with Crippen LogP contribution < -0.4 is 5.32 Å². The molecule has 0 atom stereocenters. The molecular formula is C15H18N6S. The summed E-state index contributed by atoms with van der Waals surface area (Å²) < 4.78 is 1.84. The molecule has 0 radical (unpaired) electrons. The quantitative estimate of drug-likeness (QED) is 0.801. The van der Waals surface area contributed by atoms with Gasteiger partial charge in [-0.3, -0.25) is 0 Å². The molecule has 1 saturated carbocycles. The molecule has 0 saturated heterocycles. The molecule has 1 aliphatic rings. The zero-order chi connectivity index (χ0) is 14.8. The van der Waals surface area contributed by atoms with Gasteiger partial charge in [-0.25, -0.2) is 14.6 Å². The molecule has 1 aliphatic carbocycles. The number of nitrogens with zero attached hydrogens (tertiary/aromatic N) is 5. The minimum absolute atomic E-state index is 0.495. The first kappa shape index (κ1) is 13.6. The summed E-state index contributed by atoms with van der Waals surface area (Å²) in [6, 6.07) is 4.64. The molecule has 3 heterocycles. The second-order valence-electron chi connectivity index (χ2n) is 5.70. The van der Waals surface area contributed by atoms with Crippen molar-refractivity contribution in [3.63, 3.8) is 0 Å². The minimum atomic E-state index is 0.495. The number of hydrogen-bond donors (Lipinski definition) is 1. The molecule has 6 nitrogen and oxygen atoms in total. The molecule has 3 aromatic heterocycles. The second kappa shape index (κ2) is 6.00. The number of thiophene rings is 1. The van der Waals surface area contributed by atoms with E-state index in [-0.39, 0.29) is 0 Å². The lowest BCUT2D eigenvalue weighted by Gasteiger charge is -2.23. The lowest BCUT2D eigenvalue weighted by Crippen LogP contribution is -2.23. The van der Waals surface area contributed by atoms with Crippen LogP contribution in [0.1, 0.15) is 37.0 Å². The molecule has 4 rings (SSSR count). The lowest BCUT2D eigenvalue weighted by atomic mass is 9.95. The van der Waals surface area contributed by atoms with Gasteiger partial charge in [0.15, 0.2) is 17.0 Å². The fourth-order valence-electron chi connectivity index (χ4n) is 2.99. The average molecular weight is 314 g/mol. The Kier molecular flexibility index (Phi) is 3.72. The Morgan fingerprint density at radius 1 is 1.23 bits per heavy atom. The van der Waals surface area contributed by atoms with Gasteiger partial charge in [-0.05, 0) is 24.3 Å². The number of aromatic nitrogens is 5. The molecule has 0 spiro atoms. The van der Waals surface area contributed by atoms with Gasteiger partial charge in [0.25, 0.3) is 0 Å². The Morgan fingerprint density at radius 2 is 2.14 bits per heavy atom. The van der Waals surface area contributed by atoms with E-state index in [1.807, 2.05) is 10.7 Å². The number of nitrogens with one attached hydrogen (secondary N) is 1. The number of anilines is 1. The summed E-state index contributed by atoms with van der Waals surface area (Å²) in [4.78, 5) is 9.99. The van der Waals surface area contributed by atoms with E-state index in [4.69, 9.17) is 0 Å². The monoisotopic (exact) mass is 314 g/mol. The lowest BCUT2D eigenvalue weighted by molar-refractivity contribution is 0.462. The van der Waals surface area contributed by atoms with Gasteiger partial charge in [0.05, 0.1) is 6.54 Å². The van der Waals surface area contributed by atoms with Crippen molar-refractivity contribution in [3.05, 3.63) is 28.7 Å². The number of fused-ring (bicyclic) bond motifs is 1. The van der Waals surface area contributed by atoms with Crippen molar-refractivity contribution in [2.24, 2.45) is 0 Å². The Bertz CT molecular complexity index is 745. The molecule has 3 aromatic rings. The zero-order valence-electron chi connectivity index (χ0n) is 12.3. The average Bonchev–Trinajstić information content (AvgIpc) is 3.20. The van der Waals surface area contributed by atoms with E-state index in [1.54, 1.807) is 17.7 Å². The van der Waals surface area contributed by atoms with Gasteiger partial charge < -0.3 is 5.32 Å². The minimum Gasteiger partial charge on any atom is -0.365 e. The van der Waals surface area contributed by atoms with Crippen molar-refractivity contribution in [2.45, 2.75) is 44.7 Å². The van der Waals surface area contributed by atoms with Crippen LogP contribution in [-0.4, -0.2) is 31.0 Å². The van der Waals surface area contributed by atoms with E-state index in [2.05, 4.69) is 37.0 Å². The first-order valence-corrected chi connectivity index (χ1v) is 8.61. The van der Waals surface area contributed by atoms with E-state index in [9.17, 15) is 0 Å². The molecule has 0 bridgehead atoms. The van der Waals surface area contributed by atoms with Crippen molar-refractivity contribution < 1.29 is 0 Å². The summed E-state index contributed by atoms with van der Waals surface area (Å²) in [5, 5.41) is 14.2. The summed E-state index contributed by atoms with van der Waals surface area (Å²) in [6.45, 7) is 0.702. The van der Waals surface area contributed by atoms with Gasteiger partial charge in [-0.15, -0.1) is 16.4 Å². The van der Waals surface area contributed by atoms with E-state index in [0.29, 0.717) is 12.6 Å². The number of rotatable bonds is 4. The van der Waals surface area contributed by atoms with Gasteiger partial charge in [-0.1, -0.05) is 30.5 Å². The molecule has 114 valence electrons. The van der Waals surface area contributed by atoms with Crippen molar-refractivity contribution in [2.75, 3.05) is 5.32 Å². The van der Waals surface area contributed by atoms with Crippen LogP contribution in [0, 0.1) is 0 Å². The van der Waals surface area contributed by atoms with Crippen LogP contribution in [0.2, 0.25) is 0 Å².